The number of anilines is 1. The van der Waals surface area contributed by atoms with Gasteiger partial charge in [-0.25, -0.2) is 4.39 Å². The standard InChI is InChI=1S/C13H13FINO2/c1-2-17-12-7-9(14)3-5-11(12)16-8-10-4-6-13(15)18-10/h3-7,16H,2,8H2,1H3. The molecule has 1 heterocycles. The quantitative estimate of drug-likeness (QED) is 0.817. The van der Waals surface area contributed by atoms with E-state index in [1.807, 2.05) is 19.1 Å². The first-order chi connectivity index (χ1) is 8.69. The molecule has 0 radical (unpaired) electrons. The minimum atomic E-state index is -0.309. The second-order valence-electron chi connectivity index (χ2n) is 3.63. The minimum Gasteiger partial charge on any atom is -0.492 e. The van der Waals surface area contributed by atoms with Gasteiger partial charge in [0.1, 0.15) is 17.3 Å². The van der Waals surface area contributed by atoms with E-state index in [0.717, 1.165) is 15.2 Å². The highest BCUT2D eigenvalue weighted by Crippen LogP contribution is 2.26. The van der Waals surface area contributed by atoms with Gasteiger partial charge in [0.25, 0.3) is 0 Å². The summed E-state index contributed by atoms with van der Waals surface area (Å²) in [6.07, 6.45) is 0. The Morgan fingerprint density at radius 1 is 1.33 bits per heavy atom. The molecule has 1 aromatic carbocycles. The van der Waals surface area contributed by atoms with E-state index >= 15 is 0 Å². The van der Waals surface area contributed by atoms with E-state index in [2.05, 4.69) is 27.9 Å². The first-order valence-corrected chi connectivity index (χ1v) is 6.67. The summed E-state index contributed by atoms with van der Waals surface area (Å²) in [7, 11) is 0. The van der Waals surface area contributed by atoms with E-state index in [9.17, 15) is 4.39 Å². The molecule has 0 spiro atoms. The average Bonchev–Trinajstić information content (AvgIpc) is 2.75. The third-order valence-corrected chi connectivity index (χ3v) is 2.91. The van der Waals surface area contributed by atoms with Crippen LogP contribution in [0.3, 0.4) is 0 Å². The van der Waals surface area contributed by atoms with Crippen molar-refractivity contribution in [3.63, 3.8) is 0 Å². The monoisotopic (exact) mass is 361 g/mol. The van der Waals surface area contributed by atoms with E-state index < -0.39 is 0 Å². The molecule has 0 saturated heterocycles. The largest absolute Gasteiger partial charge is 0.492 e. The Labute approximate surface area is 118 Å². The fraction of sp³-hybridized carbons (Fsp3) is 0.231. The topological polar surface area (TPSA) is 34.4 Å². The molecule has 0 atom stereocenters. The summed E-state index contributed by atoms with van der Waals surface area (Å²) >= 11 is 2.11. The lowest BCUT2D eigenvalue weighted by atomic mass is 10.2. The van der Waals surface area contributed by atoms with Crippen molar-refractivity contribution in [3.8, 4) is 5.75 Å². The van der Waals surface area contributed by atoms with Crippen molar-refractivity contribution in [1.82, 2.24) is 0 Å². The van der Waals surface area contributed by atoms with Gasteiger partial charge in [0, 0.05) is 6.07 Å². The van der Waals surface area contributed by atoms with Crippen molar-refractivity contribution in [2.45, 2.75) is 13.5 Å². The second-order valence-corrected chi connectivity index (χ2v) is 4.70. The van der Waals surface area contributed by atoms with Gasteiger partial charge in [0.2, 0.25) is 0 Å². The highest BCUT2D eigenvalue weighted by molar-refractivity contribution is 14.1. The number of rotatable bonds is 5. The maximum absolute atomic E-state index is 13.1. The molecule has 0 aliphatic carbocycles. The van der Waals surface area contributed by atoms with Crippen molar-refractivity contribution >= 4 is 28.3 Å². The fourth-order valence-corrected chi connectivity index (χ4v) is 2.01. The summed E-state index contributed by atoms with van der Waals surface area (Å²) < 4.78 is 24.8. The van der Waals surface area contributed by atoms with E-state index in [-0.39, 0.29) is 5.82 Å². The molecule has 96 valence electrons. The van der Waals surface area contributed by atoms with E-state index in [1.54, 1.807) is 6.07 Å². The van der Waals surface area contributed by atoms with Crippen LogP contribution in [-0.4, -0.2) is 6.61 Å². The van der Waals surface area contributed by atoms with Gasteiger partial charge in [-0.05, 0) is 53.8 Å². The number of furan rings is 1. The molecule has 18 heavy (non-hydrogen) atoms. The molecule has 0 unspecified atom stereocenters. The molecule has 1 aromatic heterocycles. The Kier molecular flexibility index (Phi) is 4.46. The first-order valence-electron chi connectivity index (χ1n) is 5.59. The molecular weight excluding hydrogens is 348 g/mol. The summed E-state index contributed by atoms with van der Waals surface area (Å²) in [5, 5.41) is 3.17. The van der Waals surface area contributed by atoms with E-state index in [1.165, 1.54) is 12.1 Å². The van der Waals surface area contributed by atoms with Gasteiger partial charge in [-0.1, -0.05) is 0 Å². The van der Waals surface area contributed by atoms with Crippen molar-refractivity contribution in [2.24, 2.45) is 0 Å². The molecule has 5 heteroatoms. The lowest BCUT2D eigenvalue weighted by Crippen LogP contribution is -2.02. The lowest BCUT2D eigenvalue weighted by molar-refractivity contribution is 0.339. The number of ether oxygens (including phenoxy) is 1. The number of hydrogen-bond acceptors (Lipinski definition) is 3. The van der Waals surface area contributed by atoms with Crippen LogP contribution in [0.4, 0.5) is 10.1 Å². The zero-order chi connectivity index (χ0) is 13.0. The summed E-state index contributed by atoms with van der Waals surface area (Å²) in [5.41, 5.74) is 0.754. The SMILES string of the molecule is CCOc1cc(F)ccc1NCc1ccc(I)o1. The predicted molar refractivity (Wildman–Crippen MR) is 76.3 cm³/mol. The third-order valence-electron chi connectivity index (χ3n) is 2.33. The lowest BCUT2D eigenvalue weighted by Gasteiger charge is -2.11. The van der Waals surface area contributed by atoms with Crippen molar-refractivity contribution in [3.05, 3.63) is 45.7 Å². The van der Waals surface area contributed by atoms with Gasteiger partial charge in [-0.3, -0.25) is 0 Å². The summed E-state index contributed by atoms with van der Waals surface area (Å²) in [6.45, 7) is 2.90. The van der Waals surface area contributed by atoms with E-state index in [0.29, 0.717) is 18.9 Å². The highest BCUT2D eigenvalue weighted by Gasteiger charge is 2.06. The Morgan fingerprint density at radius 3 is 2.83 bits per heavy atom. The molecule has 2 aromatic rings. The van der Waals surface area contributed by atoms with Gasteiger partial charge in [-0.2, -0.15) is 0 Å². The van der Waals surface area contributed by atoms with Gasteiger partial charge in [0.15, 0.2) is 3.77 Å². The first kappa shape index (κ1) is 13.2. The number of benzene rings is 1. The molecule has 1 N–H and O–H groups in total. The van der Waals surface area contributed by atoms with Gasteiger partial charge >= 0.3 is 0 Å². The van der Waals surface area contributed by atoms with Crippen LogP contribution >= 0.6 is 22.6 Å². The highest BCUT2D eigenvalue weighted by atomic mass is 127. The summed E-state index contributed by atoms with van der Waals surface area (Å²) in [4.78, 5) is 0. The fourth-order valence-electron chi connectivity index (χ4n) is 1.55. The van der Waals surface area contributed by atoms with Crippen molar-refractivity contribution in [1.29, 1.82) is 0 Å². The van der Waals surface area contributed by atoms with Crippen LogP contribution in [0.25, 0.3) is 0 Å². The van der Waals surface area contributed by atoms with Crippen LogP contribution in [0, 0.1) is 9.58 Å². The van der Waals surface area contributed by atoms with Gasteiger partial charge in [0.05, 0.1) is 18.8 Å². The maximum atomic E-state index is 13.1. The Bertz CT molecular complexity index is 527. The Hall–Kier alpha value is -1.24. The smallest absolute Gasteiger partial charge is 0.164 e. The molecule has 0 bridgehead atoms. The molecule has 0 fully saturated rings. The zero-order valence-electron chi connectivity index (χ0n) is 9.87. The molecule has 3 nitrogen and oxygen atoms in total. The molecule has 0 amide bonds. The number of halogens is 2. The molecule has 2 rings (SSSR count). The second kappa shape index (κ2) is 6.08. The Balaban J connectivity index is 2.08. The van der Waals surface area contributed by atoms with Crippen LogP contribution in [0.2, 0.25) is 0 Å². The molecular formula is C13H13FINO2. The van der Waals surface area contributed by atoms with Crippen LogP contribution in [0.1, 0.15) is 12.7 Å². The predicted octanol–water partition coefficient (Wildman–Crippen LogP) is 4.03. The Morgan fingerprint density at radius 2 is 2.17 bits per heavy atom. The van der Waals surface area contributed by atoms with Crippen molar-refractivity contribution < 1.29 is 13.5 Å². The normalized spacial score (nSPS) is 10.4. The maximum Gasteiger partial charge on any atom is 0.164 e. The van der Waals surface area contributed by atoms with Crippen LogP contribution < -0.4 is 10.1 Å². The van der Waals surface area contributed by atoms with Gasteiger partial charge < -0.3 is 14.5 Å². The van der Waals surface area contributed by atoms with Crippen LogP contribution in [0.15, 0.2) is 34.7 Å². The van der Waals surface area contributed by atoms with Crippen LogP contribution in [0.5, 0.6) is 5.75 Å². The molecule has 0 aliphatic heterocycles. The number of nitrogens with one attached hydrogen (secondary N) is 1. The molecule has 0 saturated carbocycles. The van der Waals surface area contributed by atoms with E-state index in [4.69, 9.17) is 9.15 Å². The van der Waals surface area contributed by atoms with Gasteiger partial charge in [-0.15, -0.1) is 0 Å². The summed E-state index contributed by atoms with van der Waals surface area (Å²) in [5.74, 6) is 1.03. The third kappa shape index (κ3) is 3.38. The van der Waals surface area contributed by atoms with Crippen molar-refractivity contribution in [2.75, 3.05) is 11.9 Å². The summed E-state index contributed by atoms with van der Waals surface area (Å²) in [6, 6.07) is 8.23. The zero-order valence-corrected chi connectivity index (χ0v) is 12.0. The molecule has 0 aliphatic rings. The number of hydrogen-bond donors (Lipinski definition) is 1. The average molecular weight is 361 g/mol. The van der Waals surface area contributed by atoms with Crippen LogP contribution in [-0.2, 0) is 6.54 Å². The minimum absolute atomic E-state index is 0.309.